The van der Waals surface area contributed by atoms with Gasteiger partial charge in [-0.15, -0.1) is 0 Å². The molecule has 0 aromatic heterocycles. The van der Waals surface area contributed by atoms with Crippen molar-refractivity contribution in [3.63, 3.8) is 0 Å². The highest BCUT2D eigenvalue weighted by molar-refractivity contribution is 5.81. The topological polar surface area (TPSA) is 50.8 Å². The summed E-state index contributed by atoms with van der Waals surface area (Å²) in [6.45, 7) is 7.19. The van der Waals surface area contributed by atoms with Crippen LogP contribution in [0.25, 0.3) is 0 Å². The van der Waals surface area contributed by atoms with E-state index < -0.39 is 6.10 Å². The van der Waals surface area contributed by atoms with Crippen LogP contribution in [-0.4, -0.2) is 49.7 Å². The van der Waals surface area contributed by atoms with Gasteiger partial charge in [-0.3, -0.25) is 4.79 Å². The molecule has 1 aliphatic rings. The van der Waals surface area contributed by atoms with Gasteiger partial charge in [0.2, 0.25) is 0 Å². The fraction of sp³-hybridized carbons (Fsp3) is 0.667. The van der Waals surface area contributed by atoms with Gasteiger partial charge in [-0.2, -0.15) is 0 Å². The molecule has 1 aromatic rings. The highest BCUT2D eigenvalue weighted by Crippen LogP contribution is 2.21. The summed E-state index contributed by atoms with van der Waals surface area (Å²) in [6, 6.07) is 8.09. The molecule has 0 unspecified atom stereocenters. The van der Waals surface area contributed by atoms with E-state index in [0.29, 0.717) is 18.7 Å². The van der Waals surface area contributed by atoms with E-state index in [-0.39, 0.29) is 5.91 Å². The number of benzene rings is 1. The van der Waals surface area contributed by atoms with Crippen LogP contribution >= 0.6 is 0 Å². The Labute approximate surface area is 158 Å². The molecule has 1 N–H and O–H groups in total. The molecule has 5 nitrogen and oxygen atoms in total. The van der Waals surface area contributed by atoms with Gasteiger partial charge in [0.25, 0.3) is 5.91 Å². The molecule has 1 saturated heterocycles. The number of methoxy groups -OCH3 is 1. The summed E-state index contributed by atoms with van der Waals surface area (Å²) in [5.74, 6) is 1.34. The van der Waals surface area contributed by atoms with Gasteiger partial charge in [0.1, 0.15) is 11.5 Å². The number of rotatable bonds is 10. The second-order valence-corrected chi connectivity index (χ2v) is 6.93. The molecule has 2 rings (SSSR count). The molecule has 1 aromatic carbocycles. The van der Waals surface area contributed by atoms with E-state index in [9.17, 15) is 4.79 Å². The second-order valence-electron chi connectivity index (χ2n) is 6.93. The van der Waals surface area contributed by atoms with Crippen LogP contribution < -0.4 is 14.8 Å². The minimum Gasteiger partial charge on any atom is -0.497 e. The Morgan fingerprint density at radius 1 is 1.31 bits per heavy atom. The van der Waals surface area contributed by atoms with Crippen LogP contribution in [0.1, 0.15) is 52.4 Å². The van der Waals surface area contributed by atoms with Crippen molar-refractivity contribution in [3.8, 4) is 11.5 Å². The molecule has 0 saturated carbocycles. The van der Waals surface area contributed by atoms with Gasteiger partial charge in [-0.05, 0) is 50.8 Å². The summed E-state index contributed by atoms with van der Waals surface area (Å²) in [4.78, 5) is 15.0. The van der Waals surface area contributed by atoms with E-state index in [1.165, 1.54) is 32.2 Å². The molecule has 26 heavy (non-hydrogen) atoms. The van der Waals surface area contributed by atoms with Gasteiger partial charge >= 0.3 is 0 Å². The van der Waals surface area contributed by atoms with E-state index in [2.05, 4.69) is 17.1 Å². The molecule has 2 atom stereocenters. The minimum atomic E-state index is -0.472. The van der Waals surface area contributed by atoms with Crippen molar-refractivity contribution in [1.29, 1.82) is 0 Å². The lowest BCUT2D eigenvalue weighted by atomic mass is 10.00. The van der Waals surface area contributed by atoms with Crippen molar-refractivity contribution in [2.75, 3.05) is 26.7 Å². The number of nitrogens with one attached hydrogen (secondary N) is 1. The third-order valence-electron chi connectivity index (χ3n) is 5.12. The first-order chi connectivity index (χ1) is 12.7. The van der Waals surface area contributed by atoms with Crippen molar-refractivity contribution in [3.05, 3.63) is 24.3 Å². The lowest BCUT2D eigenvalue weighted by Crippen LogP contribution is -2.42. The zero-order valence-electron chi connectivity index (χ0n) is 16.5. The SMILES string of the molecule is CC[C@@H]1CCCCN1CCCNC(=O)[C@@H](CC)Oc1cccc(OC)c1. The van der Waals surface area contributed by atoms with E-state index in [1.807, 2.05) is 25.1 Å². The molecule has 5 heteroatoms. The zero-order valence-corrected chi connectivity index (χ0v) is 16.5. The molecule has 0 bridgehead atoms. The van der Waals surface area contributed by atoms with Crippen LogP contribution in [0, 0.1) is 0 Å². The van der Waals surface area contributed by atoms with Crippen molar-refractivity contribution in [2.45, 2.75) is 64.5 Å². The Morgan fingerprint density at radius 2 is 2.12 bits per heavy atom. The number of ether oxygens (including phenoxy) is 2. The number of hydrogen-bond donors (Lipinski definition) is 1. The number of amides is 1. The van der Waals surface area contributed by atoms with Gasteiger partial charge in [-0.1, -0.05) is 26.3 Å². The number of carbonyl (C=O) groups is 1. The molecule has 146 valence electrons. The molecular weight excluding hydrogens is 328 g/mol. The average Bonchev–Trinajstić information content (AvgIpc) is 2.69. The maximum atomic E-state index is 12.4. The largest absolute Gasteiger partial charge is 0.497 e. The van der Waals surface area contributed by atoms with E-state index >= 15 is 0 Å². The number of carbonyl (C=O) groups excluding carboxylic acids is 1. The first-order valence-corrected chi connectivity index (χ1v) is 10.00. The molecule has 1 fully saturated rings. The third kappa shape index (κ3) is 6.20. The van der Waals surface area contributed by atoms with E-state index in [4.69, 9.17) is 9.47 Å². The Bertz CT molecular complexity index is 550. The fourth-order valence-corrected chi connectivity index (χ4v) is 3.59. The standard InChI is InChI=1S/C21H34N2O3/c1-4-17-10-6-7-14-23(17)15-9-13-22-21(24)20(5-2)26-19-12-8-11-18(16-19)25-3/h8,11-12,16-17,20H,4-7,9-10,13-15H2,1-3H3,(H,22,24)/t17-,20-/m1/s1. The Balaban J connectivity index is 1.74. The van der Waals surface area contributed by atoms with Gasteiger partial charge in [0.15, 0.2) is 6.10 Å². The summed E-state index contributed by atoms with van der Waals surface area (Å²) in [7, 11) is 1.62. The number of likely N-dealkylation sites (tertiary alicyclic amines) is 1. The van der Waals surface area contributed by atoms with Crippen LogP contribution in [0.5, 0.6) is 11.5 Å². The smallest absolute Gasteiger partial charge is 0.261 e. The molecular formula is C21H34N2O3. The van der Waals surface area contributed by atoms with Crippen LogP contribution in [0.15, 0.2) is 24.3 Å². The summed E-state index contributed by atoms with van der Waals surface area (Å²) < 4.78 is 11.0. The third-order valence-corrected chi connectivity index (χ3v) is 5.12. The van der Waals surface area contributed by atoms with Crippen LogP contribution in [0.2, 0.25) is 0 Å². The first-order valence-electron chi connectivity index (χ1n) is 10.00. The normalized spacial score (nSPS) is 19.0. The minimum absolute atomic E-state index is 0.0407. The van der Waals surface area contributed by atoms with Crippen LogP contribution in [0.3, 0.4) is 0 Å². The first kappa shape index (κ1) is 20.6. The van der Waals surface area contributed by atoms with Gasteiger partial charge < -0.3 is 19.7 Å². The maximum absolute atomic E-state index is 12.4. The maximum Gasteiger partial charge on any atom is 0.261 e. The van der Waals surface area contributed by atoms with E-state index in [0.717, 1.165) is 24.8 Å². The predicted octanol–water partition coefficient (Wildman–Crippen LogP) is 3.62. The molecule has 0 aliphatic carbocycles. The van der Waals surface area contributed by atoms with Crippen molar-refractivity contribution in [1.82, 2.24) is 10.2 Å². The zero-order chi connectivity index (χ0) is 18.8. The Kier molecular flexibility index (Phi) is 8.75. The Hall–Kier alpha value is -1.75. The van der Waals surface area contributed by atoms with Crippen molar-refractivity contribution in [2.24, 2.45) is 0 Å². The van der Waals surface area contributed by atoms with Crippen LogP contribution in [-0.2, 0) is 4.79 Å². The number of hydrogen-bond acceptors (Lipinski definition) is 4. The highest BCUT2D eigenvalue weighted by atomic mass is 16.5. The summed E-state index contributed by atoms with van der Waals surface area (Å²) >= 11 is 0. The van der Waals surface area contributed by atoms with Gasteiger partial charge in [-0.25, -0.2) is 0 Å². The van der Waals surface area contributed by atoms with Gasteiger partial charge in [0.05, 0.1) is 7.11 Å². The molecule has 0 radical (unpaired) electrons. The Morgan fingerprint density at radius 3 is 2.85 bits per heavy atom. The monoisotopic (exact) mass is 362 g/mol. The van der Waals surface area contributed by atoms with Crippen molar-refractivity contribution < 1.29 is 14.3 Å². The summed E-state index contributed by atoms with van der Waals surface area (Å²) in [6.07, 6.45) is 6.33. The summed E-state index contributed by atoms with van der Waals surface area (Å²) in [5, 5.41) is 3.03. The molecule has 0 spiro atoms. The highest BCUT2D eigenvalue weighted by Gasteiger charge is 2.21. The molecule has 1 heterocycles. The molecule has 1 aliphatic heterocycles. The van der Waals surface area contributed by atoms with Crippen LogP contribution in [0.4, 0.5) is 0 Å². The number of piperidine rings is 1. The second kappa shape index (κ2) is 11.1. The summed E-state index contributed by atoms with van der Waals surface area (Å²) in [5.41, 5.74) is 0. The van der Waals surface area contributed by atoms with E-state index in [1.54, 1.807) is 13.2 Å². The van der Waals surface area contributed by atoms with Crippen molar-refractivity contribution >= 4 is 5.91 Å². The predicted molar refractivity (Wildman–Crippen MR) is 105 cm³/mol. The molecule has 1 amide bonds. The quantitative estimate of drug-likeness (QED) is 0.646. The lowest BCUT2D eigenvalue weighted by Gasteiger charge is -2.35. The van der Waals surface area contributed by atoms with Gasteiger partial charge in [0, 0.05) is 25.2 Å². The lowest BCUT2D eigenvalue weighted by molar-refractivity contribution is -0.128. The average molecular weight is 363 g/mol. The fourth-order valence-electron chi connectivity index (χ4n) is 3.59. The number of nitrogens with zero attached hydrogens (tertiary/aromatic N) is 1.